The molecule has 4 rings (SSSR count). The van der Waals surface area contributed by atoms with Gasteiger partial charge in [0, 0.05) is 12.6 Å². The number of hydrogen-bond donors (Lipinski definition) is 2. The van der Waals surface area contributed by atoms with Crippen LogP contribution < -0.4 is 20.1 Å². The quantitative estimate of drug-likeness (QED) is 0.716. The van der Waals surface area contributed by atoms with Gasteiger partial charge in [-0.2, -0.15) is 0 Å². The van der Waals surface area contributed by atoms with E-state index < -0.39 is 0 Å². The molecule has 2 heterocycles. The normalized spacial score (nSPS) is 16.5. The van der Waals surface area contributed by atoms with E-state index in [4.69, 9.17) is 9.47 Å². The van der Waals surface area contributed by atoms with Crippen molar-refractivity contribution < 1.29 is 14.3 Å². The van der Waals surface area contributed by atoms with E-state index in [2.05, 4.69) is 20.8 Å². The number of ether oxygens (including phenoxy) is 2. The number of carbonyl (C=O) groups is 1. The first-order valence-corrected chi connectivity index (χ1v) is 9.80. The topological polar surface area (TPSA) is 85.4 Å². The maximum absolute atomic E-state index is 12.3. The molecule has 1 aliphatic carbocycles. The Morgan fingerprint density at radius 2 is 2.20 bits per heavy atom. The largest absolute Gasteiger partial charge is 0.454 e. The maximum Gasteiger partial charge on any atom is 0.233 e. The van der Waals surface area contributed by atoms with E-state index in [1.165, 1.54) is 35.9 Å². The molecule has 132 valence electrons. The molecule has 1 amide bonds. The predicted octanol–water partition coefficient (Wildman–Crippen LogP) is 2.64. The summed E-state index contributed by atoms with van der Waals surface area (Å²) in [5.74, 6) is 1.43. The fourth-order valence-electron chi connectivity index (χ4n) is 2.31. The van der Waals surface area contributed by atoms with Gasteiger partial charge in [-0.1, -0.05) is 29.2 Å². The highest BCUT2D eigenvalue weighted by atomic mass is 32.2. The van der Waals surface area contributed by atoms with Gasteiger partial charge in [0.2, 0.25) is 17.8 Å². The minimum Gasteiger partial charge on any atom is -0.454 e. The molecule has 9 heteroatoms. The zero-order chi connectivity index (χ0) is 17.2. The van der Waals surface area contributed by atoms with Crippen molar-refractivity contribution in [3.8, 4) is 11.5 Å². The van der Waals surface area contributed by atoms with E-state index >= 15 is 0 Å². The standard InChI is InChI=1S/C16H18N4O3S2/c1-9(24-16-20-19-15(25-16)18-11-3-4-11)14(21)17-7-10-2-5-12-13(6-10)23-8-22-12/h2,5-6,9,11H,3-4,7-8H2,1H3,(H,17,21)(H,18,19)/t9-/m1/s1. The second-order valence-electron chi connectivity index (χ2n) is 5.96. The van der Waals surface area contributed by atoms with Gasteiger partial charge in [-0.3, -0.25) is 4.79 Å². The Kier molecular flexibility index (Phi) is 4.67. The van der Waals surface area contributed by atoms with E-state index in [1.807, 2.05) is 25.1 Å². The van der Waals surface area contributed by atoms with Gasteiger partial charge >= 0.3 is 0 Å². The SMILES string of the molecule is C[C@@H](Sc1nnc(NC2CC2)s1)C(=O)NCc1ccc2c(c1)OCO2. The number of carbonyl (C=O) groups excluding carboxylic acids is 1. The second-order valence-corrected chi connectivity index (χ2v) is 8.52. The number of thioether (sulfide) groups is 1. The highest BCUT2D eigenvalue weighted by Gasteiger charge is 2.23. The Balaban J connectivity index is 1.27. The molecule has 0 unspecified atom stereocenters. The molecule has 2 aliphatic rings. The molecule has 0 saturated heterocycles. The summed E-state index contributed by atoms with van der Waals surface area (Å²) >= 11 is 2.92. The summed E-state index contributed by atoms with van der Waals surface area (Å²) in [4.78, 5) is 12.3. The molecular formula is C16H18N4O3S2. The molecule has 1 aliphatic heterocycles. The maximum atomic E-state index is 12.3. The van der Waals surface area contributed by atoms with Crippen LogP contribution in [-0.4, -0.2) is 34.2 Å². The monoisotopic (exact) mass is 378 g/mol. The molecule has 2 aromatic rings. The van der Waals surface area contributed by atoms with Crippen LogP contribution in [0, 0.1) is 0 Å². The Hall–Kier alpha value is -2.00. The summed E-state index contributed by atoms with van der Waals surface area (Å²) in [7, 11) is 0. The third-order valence-corrected chi connectivity index (χ3v) is 5.90. The summed E-state index contributed by atoms with van der Waals surface area (Å²) in [5, 5.41) is 15.1. The number of nitrogens with one attached hydrogen (secondary N) is 2. The molecular weight excluding hydrogens is 360 g/mol. The van der Waals surface area contributed by atoms with Crippen molar-refractivity contribution in [2.24, 2.45) is 0 Å². The molecule has 1 saturated carbocycles. The third kappa shape index (κ3) is 4.16. The predicted molar refractivity (Wildman–Crippen MR) is 96.3 cm³/mol. The zero-order valence-corrected chi connectivity index (χ0v) is 15.3. The summed E-state index contributed by atoms with van der Waals surface area (Å²) < 4.78 is 11.4. The van der Waals surface area contributed by atoms with Gasteiger partial charge in [0.05, 0.1) is 5.25 Å². The molecule has 7 nitrogen and oxygen atoms in total. The highest BCUT2D eigenvalue weighted by molar-refractivity contribution is 8.02. The van der Waals surface area contributed by atoms with E-state index in [0.29, 0.717) is 12.6 Å². The van der Waals surface area contributed by atoms with Crippen LogP contribution in [0.25, 0.3) is 0 Å². The van der Waals surface area contributed by atoms with E-state index in [1.54, 1.807) is 0 Å². The number of nitrogens with zero attached hydrogens (tertiary/aromatic N) is 2. The van der Waals surface area contributed by atoms with Gasteiger partial charge in [0.25, 0.3) is 0 Å². The van der Waals surface area contributed by atoms with Crippen LogP contribution in [0.3, 0.4) is 0 Å². The number of aromatic nitrogens is 2. The van der Waals surface area contributed by atoms with Gasteiger partial charge in [0.1, 0.15) is 0 Å². The average Bonchev–Trinajstić information content (AvgIpc) is 3.12. The molecule has 1 aromatic carbocycles. The van der Waals surface area contributed by atoms with Crippen molar-refractivity contribution in [2.75, 3.05) is 12.1 Å². The van der Waals surface area contributed by atoms with Gasteiger partial charge in [-0.25, -0.2) is 0 Å². The van der Waals surface area contributed by atoms with Gasteiger partial charge < -0.3 is 20.1 Å². The van der Waals surface area contributed by atoms with Crippen LogP contribution >= 0.6 is 23.1 Å². The molecule has 1 fully saturated rings. The number of fused-ring (bicyclic) bond motifs is 1. The Labute approximate surface area is 153 Å². The van der Waals surface area contributed by atoms with Crippen molar-refractivity contribution in [1.82, 2.24) is 15.5 Å². The molecule has 25 heavy (non-hydrogen) atoms. The Morgan fingerprint density at radius 1 is 1.36 bits per heavy atom. The number of rotatable bonds is 7. The van der Waals surface area contributed by atoms with E-state index in [-0.39, 0.29) is 18.0 Å². The van der Waals surface area contributed by atoms with E-state index in [9.17, 15) is 4.79 Å². The summed E-state index contributed by atoms with van der Waals surface area (Å²) in [6, 6.07) is 6.22. The number of benzene rings is 1. The Morgan fingerprint density at radius 3 is 3.04 bits per heavy atom. The number of anilines is 1. The molecule has 2 N–H and O–H groups in total. The Bertz CT molecular complexity index is 778. The summed E-state index contributed by atoms with van der Waals surface area (Å²) in [5.41, 5.74) is 0.974. The molecule has 0 radical (unpaired) electrons. The van der Waals surface area contributed by atoms with Crippen molar-refractivity contribution in [3.05, 3.63) is 23.8 Å². The molecule has 0 bridgehead atoms. The fourth-order valence-corrected chi connectivity index (χ4v) is 4.30. The summed E-state index contributed by atoms with van der Waals surface area (Å²) in [6.07, 6.45) is 2.39. The second kappa shape index (κ2) is 7.09. The van der Waals surface area contributed by atoms with Crippen molar-refractivity contribution in [2.45, 2.75) is 41.9 Å². The lowest BCUT2D eigenvalue weighted by Crippen LogP contribution is -2.30. The van der Waals surface area contributed by atoms with Crippen LogP contribution in [0.5, 0.6) is 11.5 Å². The molecule has 1 aromatic heterocycles. The zero-order valence-electron chi connectivity index (χ0n) is 13.7. The van der Waals surface area contributed by atoms with Crippen LogP contribution in [-0.2, 0) is 11.3 Å². The van der Waals surface area contributed by atoms with Gasteiger partial charge in [-0.05, 0) is 37.5 Å². The first kappa shape index (κ1) is 16.5. The van der Waals surface area contributed by atoms with Crippen molar-refractivity contribution in [1.29, 1.82) is 0 Å². The third-order valence-electron chi connectivity index (χ3n) is 3.86. The van der Waals surface area contributed by atoms with E-state index in [0.717, 1.165) is 26.5 Å². The first-order chi connectivity index (χ1) is 12.2. The first-order valence-electron chi connectivity index (χ1n) is 8.10. The van der Waals surface area contributed by atoms with Crippen LogP contribution in [0.4, 0.5) is 5.13 Å². The smallest absolute Gasteiger partial charge is 0.233 e. The van der Waals surface area contributed by atoms with Crippen LogP contribution in [0.1, 0.15) is 25.3 Å². The highest BCUT2D eigenvalue weighted by Crippen LogP contribution is 2.33. The van der Waals surface area contributed by atoms with Gasteiger partial charge in [0.15, 0.2) is 15.8 Å². The molecule has 0 spiro atoms. The number of hydrogen-bond acceptors (Lipinski definition) is 8. The minimum absolute atomic E-state index is 0.0328. The van der Waals surface area contributed by atoms with Gasteiger partial charge in [-0.15, -0.1) is 10.2 Å². The number of amides is 1. The molecule has 1 atom stereocenters. The fraction of sp³-hybridized carbons (Fsp3) is 0.438. The summed E-state index contributed by atoms with van der Waals surface area (Å²) in [6.45, 7) is 2.57. The van der Waals surface area contributed by atoms with Crippen molar-refractivity contribution in [3.63, 3.8) is 0 Å². The van der Waals surface area contributed by atoms with Crippen molar-refractivity contribution >= 4 is 34.1 Å². The van der Waals surface area contributed by atoms with Crippen LogP contribution in [0.15, 0.2) is 22.5 Å². The van der Waals surface area contributed by atoms with Crippen LogP contribution in [0.2, 0.25) is 0 Å². The lowest BCUT2D eigenvalue weighted by Gasteiger charge is -2.10. The average molecular weight is 378 g/mol. The minimum atomic E-state index is -0.240. The lowest BCUT2D eigenvalue weighted by atomic mass is 10.2. The lowest BCUT2D eigenvalue weighted by molar-refractivity contribution is -0.120.